The van der Waals surface area contributed by atoms with Crippen LogP contribution in [-0.4, -0.2) is 134 Å². The van der Waals surface area contributed by atoms with Crippen molar-refractivity contribution in [2.24, 2.45) is 5.41 Å². The van der Waals surface area contributed by atoms with Crippen LogP contribution in [0.15, 0.2) is 24.8 Å². The van der Waals surface area contributed by atoms with Crippen molar-refractivity contribution < 1.29 is 85.6 Å². The van der Waals surface area contributed by atoms with E-state index in [2.05, 4.69) is 34.4 Å². The van der Waals surface area contributed by atoms with Gasteiger partial charge in [0, 0.05) is 30.7 Å². The molecule has 2 unspecified atom stereocenters. The average Bonchev–Trinajstić information content (AvgIpc) is 3.63. The van der Waals surface area contributed by atoms with Crippen LogP contribution < -0.4 is 16.4 Å². The Morgan fingerprint density at radius 1 is 1.09 bits per heavy atom. The van der Waals surface area contributed by atoms with Crippen LogP contribution in [0.25, 0.3) is 11.2 Å². The molecular formula is C25H40N7O18P3S. The van der Waals surface area contributed by atoms with Crippen molar-refractivity contribution in [1.82, 2.24) is 30.2 Å². The number of carbonyl (C=O) groups excluding carboxylic acids is 3. The van der Waals surface area contributed by atoms with Gasteiger partial charge in [0.2, 0.25) is 16.9 Å². The number of anilines is 1. The molecule has 2 amide bonds. The van der Waals surface area contributed by atoms with E-state index in [9.17, 15) is 57.9 Å². The summed E-state index contributed by atoms with van der Waals surface area (Å²) in [7, 11) is -16.4. The summed E-state index contributed by atoms with van der Waals surface area (Å²) in [5, 5.41) is 34.5. The number of phosphoric ester groups is 3. The van der Waals surface area contributed by atoms with Crippen molar-refractivity contribution in [3.05, 3.63) is 24.8 Å². The summed E-state index contributed by atoms with van der Waals surface area (Å²) in [6, 6.07) is 0. The van der Waals surface area contributed by atoms with Crippen LogP contribution in [-0.2, 0) is 50.7 Å². The molecule has 1 aliphatic heterocycles. The van der Waals surface area contributed by atoms with Gasteiger partial charge < -0.3 is 56.0 Å². The first kappa shape index (κ1) is 45.6. The number of hydrogen-bond donors (Lipinski definition) is 10. The highest BCUT2D eigenvalue weighted by Gasteiger charge is 2.50. The largest absolute Gasteiger partial charge is 0.481 e. The fraction of sp³-hybridized carbons (Fsp3) is 0.600. The molecular weight excluding hydrogens is 811 g/mol. The Morgan fingerprint density at radius 2 is 1.78 bits per heavy atom. The Bertz CT molecular complexity index is 1810. The number of amides is 2. The molecule has 0 radical (unpaired) electrons. The lowest BCUT2D eigenvalue weighted by molar-refractivity contribution is -0.137. The molecule has 29 heteroatoms. The second kappa shape index (κ2) is 19.4. The van der Waals surface area contributed by atoms with Crippen molar-refractivity contribution in [2.75, 3.05) is 44.4 Å². The molecule has 3 rings (SSSR count). The molecule has 1 fully saturated rings. The van der Waals surface area contributed by atoms with Crippen molar-refractivity contribution in [3.8, 4) is 0 Å². The fourth-order valence-electron chi connectivity index (χ4n) is 4.48. The summed E-state index contributed by atoms with van der Waals surface area (Å²) in [6.07, 6.45) is -4.54. The van der Waals surface area contributed by atoms with E-state index in [1.165, 1.54) is 26.0 Å². The smallest absolute Gasteiger partial charge is 0.392 e. The maximum absolute atomic E-state index is 12.6. The second-order valence-corrected chi connectivity index (χ2v) is 17.2. The molecule has 2 aromatic heterocycles. The third-order valence-corrected chi connectivity index (χ3v) is 11.0. The normalized spacial score (nSPS) is 22.2. The Hall–Kier alpha value is -2.74. The summed E-state index contributed by atoms with van der Waals surface area (Å²) < 4.78 is 61.9. The molecule has 0 aliphatic carbocycles. The van der Waals surface area contributed by atoms with Gasteiger partial charge in [-0.15, -0.1) is 0 Å². The number of rotatable bonds is 21. The number of ether oxygens (including phenoxy) is 1. The summed E-state index contributed by atoms with van der Waals surface area (Å²) in [6.45, 7) is 0.0610. The number of aliphatic hydroxyl groups excluding tert-OH is 3. The quantitative estimate of drug-likeness (QED) is 0.0377. The molecule has 1 saturated heterocycles. The predicted octanol–water partition coefficient (Wildman–Crippen LogP) is -1.79. The molecule has 0 saturated carbocycles. The molecule has 7 atom stereocenters. The Balaban J connectivity index is 1.51. The molecule has 2 aromatic rings. The topological polar surface area (TPSA) is 384 Å². The first-order chi connectivity index (χ1) is 25.1. The van der Waals surface area contributed by atoms with E-state index in [1.54, 1.807) is 0 Å². The Morgan fingerprint density at radius 3 is 2.44 bits per heavy atom. The van der Waals surface area contributed by atoms with Crippen molar-refractivity contribution in [1.29, 1.82) is 0 Å². The van der Waals surface area contributed by atoms with Crippen LogP contribution in [0, 0.1) is 5.41 Å². The molecule has 11 N–H and O–H groups in total. The number of thioether (sulfide) groups is 1. The summed E-state index contributed by atoms with van der Waals surface area (Å²) in [4.78, 5) is 86.7. The van der Waals surface area contributed by atoms with E-state index in [-0.39, 0.29) is 54.0 Å². The minimum Gasteiger partial charge on any atom is -0.392 e. The lowest BCUT2D eigenvalue weighted by atomic mass is 9.87. The van der Waals surface area contributed by atoms with Gasteiger partial charge in [-0.3, -0.25) is 32.5 Å². The highest BCUT2D eigenvalue weighted by molar-refractivity contribution is 8.14. The number of aromatic nitrogens is 4. The fourth-order valence-corrected chi connectivity index (χ4v) is 7.91. The summed E-state index contributed by atoms with van der Waals surface area (Å²) in [5.74, 6) is -1.27. The van der Waals surface area contributed by atoms with Gasteiger partial charge in [-0.25, -0.2) is 28.6 Å². The van der Waals surface area contributed by atoms with Gasteiger partial charge in [0.1, 0.15) is 36.3 Å². The van der Waals surface area contributed by atoms with Crippen molar-refractivity contribution in [3.63, 3.8) is 0 Å². The predicted molar refractivity (Wildman–Crippen MR) is 183 cm³/mol. The lowest BCUT2D eigenvalue weighted by Crippen LogP contribution is -2.46. The van der Waals surface area contributed by atoms with Gasteiger partial charge in [-0.1, -0.05) is 31.7 Å². The van der Waals surface area contributed by atoms with E-state index >= 15 is 0 Å². The minimum absolute atomic E-state index is 0.0252. The van der Waals surface area contributed by atoms with E-state index in [4.69, 9.17) is 24.6 Å². The zero-order chi connectivity index (χ0) is 40.5. The van der Waals surface area contributed by atoms with Crippen LogP contribution in [0.2, 0.25) is 0 Å². The number of nitrogens with two attached hydrogens (primary N) is 1. The van der Waals surface area contributed by atoms with Gasteiger partial charge in [0.25, 0.3) is 0 Å². The van der Waals surface area contributed by atoms with Crippen LogP contribution in [0.3, 0.4) is 0 Å². The van der Waals surface area contributed by atoms with Crippen LogP contribution in [0.5, 0.6) is 0 Å². The molecule has 1 aliphatic rings. The highest BCUT2D eigenvalue weighted by Crippen LogP contribution is 2.61. The minimum atomic E-state index is -5.57. The van der Waals surface area contributed by atoms with E-state index < -0.39 is 84.6 Å². The van der Waals surface area contributed by atoms with E-state index in [1.807, 2.05) is 0 Å². The number of hydrogen-bond acceptors (Lipinski definition) is 19. The standard InChI is InChI=1S/C25H40N7O18P3S/c1-25(2,20(37)23(38)28-6-5-15(34)27-7-9-54-16(35)4-3-8-33)11-47-53(44,45)50-52(42,43)46-10-14-19(49-51(39,40)41)18(36)24(48-14)32-13-31-17-21(26)29-12-30-22(17)32/h3-4,12-14,18-20,24,33,36-37H,5-11H2,1-2H3,(H,27,34)(H,28,38)(H,42,43)(H,44,45)(H2,26,29,30)(H2,39,40,41)/b4-3+/t14-,18-,19-,20+,24-/m1/s1. The maximum atomic E-state index is 12.6. The van der Waals surface area contributed by atoms with Crippen LogP contribution >= 0.6 is 35.2 Å². The van der Waals surface area contributed by atoms with Crippen LogP contribution in [0.4, 0.5) is 5.82 Å². The lowest BCUT2D eigenvalue weighted by Gasteiger charge is -2.30. The number of aliphatic hydroxyl groups is 3. The molecule has 0 aromatic carbocycles. The SMILES string of the molecule is CC(C)(COP(=O)(O)OP(=O)(O)OC[C@H]1O[C@@H](n2cnc3c(N)ncnc32)[C@H](O)[C@@H]1OP(=O)(O)O)[C@@H](O)C(=O)NCCC(=O)NCCSC(=O)/C=C/CO. The Labute approximate surface area is 310 Å². The number of carbonyl (C=O) groups is 3. The zero-order valence-corrected chi connectivity index (χ0v) is 31.9. The van der Waals surface area contributed by atoms with Gasteiger partial charge in [0.15, 0.2) is 17.7 Å². The van der Waals surface area contributed by atoms with Crippen molar-refractivity contribution in [2.45, 2.75) is 50.9 Å². The van der Waals surface area contributed by atoms with Crippen LogP contribution in [0.1, 0.15) is 26.5 Å². The van der Waals surface area contributed by atoms with Crippen molar-refractivity contribution >= 4 is 69.1 Å². The third kappa shape index (κ3) is 13.8. The van der Waals surface area contributed by atoms with Gasteiger partial charge in [-0.05, 0) is 6.08 Å². The molecule has 304 valence electrons. The summed E-state index contributed by atoms with van der Waals surface area (Å²) >= 11 is 0.912. The number of phosphoric acid groups is 3. The number of nitrogens with one attached hydrogen (secondary N) is 2. The maximum Gasteiger partial charge on any atom is 0.481 e. The number of nitrogens with zero attached hydrogens (tertiary/aromatic N) is 4. The highest BCUT2D eigenvalue weighted by atomic mass is 32.2. The Kier molecular flexibility index (Phi) is 16.4. The molecule has 25 nitrogen and oxygen atoms in total. The number of imidazole rings is 1. The molecule has 3 heterocycles. The average molecular weight is 852 g/mol. The first-order valence-electron chi connectivity index (χ1n) is 15.4. The number of fused-ring (bicyclic) bond motifs is 1. The van der Waals surface area contributed by atoms with Gasteiger partial charge >= 0.3 is 23.5 Å². The van der Waals surface area contributed by atoms with E-state index in [0.717, 1.165) is 29.0 Å². The van der Waals surface area contributed by atoms with Gasteiger partial charge in [0.05, 0.1) is 26.1 Å². The third-order valence-electron chi connectivity index (χ3n) is 7.11. The second-order valence-electron chi connectivity index (χ2n) is 11.8. The summed E-state index contributed by atoms with van der Waals surface area (Å²) in [5.41, 5.74) is 4.23. The number of nitrogen functional groups attached to an aromatic ring is 1. The van der Waals surface area contributed by atoms with Gasteiger partial charge in [-0.2, -0.15) is 4.31 Å². The molecule has 0 spiro atoms. The van der Waals surface area contributed by atoms with E-state index in [0.29, 0.717) is 0 Å². The molecule has 0 bridgehead atoms. The first-order valence-corrected chi connectivity index (χ1v) is 20.9. The zero-order valence-electron chi connectivity index (χ0n) is 28.4. The molecule has 54 heavy (non-hydrogen) atoms. The monoisotopic (exact) mass is 851 g/mol.